The van der Waals surface area contributed by atoms with E-state index in [2.05, 4.69) is 43.7 Å². The minimum Gasteiger partial charge on any atom is -0.338 e. The first-order valence-electron chi connectivity index (χ1n) is 8.09. The molecule has 0 aromatic carbocycles. The van der Waals surface area contributed by atoms with Crippen molar-refractivity contribution in [2.24, 2.45) is 0 Å². The molecule has 126 valence electrons. The van der Waals surface area contributed by atoms with Gasteiger partial charge in [0.15, 0.2) is 16.8 Å². The minimum atomic E-state index is 0.592. The fourth-order valence-corrected chi connectivity index (χ4v) is 3.14. The van der Waals surface area contributed by atoms with Crippen LogP contribution in [0.3, 0.4) is 0 Å². The van der Waals surface area contributed by atoms with Crippen LogP contribution in [0.25, 0.3) is 11.4 Å². The lowest BCUT2D eigenvalue weighted by molar-refractivity contribution is 0.384. The lowest BCUT2D eigenvalue weighted by Crippen LogP contribution is -2.02. The zero-order valence-corrected chi connectivity index (χ0v) is 14.7. The first kappa shape index (κ1) is 16.6. The second-order valence-electron chi connectivity index (χ2n) is 5.34. The maximum Gasteiger partial charge on any atom is 0.237 e. The van der Waals surface area contributed by atoms with Crippen LogP contribution in [-0.2, 0) is 18.7 Å². The van der Waals surface area contributed by atoms with Crippen LogP contribution in [0.1, 0.15) is 38.4 Å². The number of pyridine rings is 1. The summed E-state index contributed by atoms with van der Waals surface area (Å²) in [6.45, 7) is 5.09. The third-order valence-corrected chi connectivity index (χ3v) is 4.36. The summed E-state index contributed by atoms with van der Waals surface area (Å²) in [5, 5.41) is 13.5. The van der Waals surface area contributed by atoms with Crippen molar-refractivity contribution in [2.45, 2.75) is 50.6 Å². The van der Waals surface area contributed by atoms with Gasteiger partial charge in [-0.2, -0.15) is 4.98 Å². The summed E-state index contributed by atoms with van der Waals surface area (Å²) < 4.78 is 7.41. The maximum absolute atomic E-state index is 5.28. The number of rotatable bonds is 8. The van der Waals surface area contributed by atoms with Gasteiger partial charge < -0.3 is 9.09 Å². The van der Waals surface area contributed by atoms with E-state index < -0.39 is 0 Å². The highest BCUT2D eigenvalue weighted by Gasteiger charge is 2.15. The molecule has 0 aliphatic carbocycles. The topological polar surface area (TPSA) is 82.5 Å². The standard InChI is InChI=1S/C16H20N6OS/c1-3-5-13-18-14(23-21-13)11-24-16-20-19-15(22(16)10-4-2)12-6-8-17-9-7-12/h6-9H,3-5,10-11H2,1-2H3. The van der Waals surface area contributed by atoms with Crippen molar-refractivity contribution in [3.05, 3.63) is 36.2 Å². The number of hydrogen-bond donors (Lipinski definition) is 0. The summed E-state index contributed by atoms with van der Waals surface area (Å²) in [5.74, 6) is 2.84. The van der Waals surface area contributed by atoms with Crippen molar-refractivity contribution in [3.8, 4) is 11.4 Å². The summed E-state index contributed by atoms with van der Waals surface area (Å²) in [7, 11) is 0. The smallest absolute Gasteiger partial charge is 0.237 e. The SMILES string of the molecule is CCCc1noc(CSc2nnc(-c3ccncc3)n2CCC)n1. The lowest BCUT2D eigenvalue weighted by atomic mass is 10.2. The van der Waals surface area contributed by atoms with Gasteiger partial charge in [0.25, 0.3) is 0 Å². The summed E-state index contributed by atoms with van der Waals surface area (Å²) >= 11 is 1.56. The van der Waals surface area contributed by atoms with Gasteiger partial charge >= 0.3 is 0 Å². The molecule has 0 aliphatic rings. The summed E-state index contributed by atoms with van der Waals surface area (Å²) in [6.07, 6.45) is 6.38. The van der Waals surface area contributed by atoms with Gasteiger partial charge in [-0.25, -0.2) is 0 Å². The van der Waals surface area contributed by atoms with Crippen LogP contribution >= 0.6 is 11.8 Å². The Morgan fingerprint density at radius 1 is 1.12 bits per heavy atom. The van der Waals surface area contributed by atoms with Crippen molar-refractivity contribution in [1.29, 1.82) is 0 Å². The Kier molecular flexibility index (Phi) is 5.58. The molecule has 0 spiro atoms. The molecule has 3 aromatic rings. The number of hydrogen-bond acceptors (Lipinski definition) is 7. The van der Waals surface area contributed by atoms with Crippen LogP contribution in [0.15, 0.2) is 34.2 Å². The molecule has 7 nitrogen and oxygen atoms in total. The molecule has 0 saturated carbocycles. The van der Waals surface area contributed by atoms with Crippen molar-refractivity contribution in [2.75, 3.05) is 0 Å². The van der Waals surface area contributed by atoms with E-state index in [4.69, 9.17) is 4.52 Å². The molecule has 3 heterocycles. The Balaban J connectivity index is 1.76. The predicted molar refractivity (Wildman–Crippen MR) is 91.4 cm³/mol. The molecular weight excluding hydrogens is 324 g/mol. The zero-order chi connectivity index (χ0) is 16.8. The first-order chi connectivity index (χ1) is 11.8. The molecule has 0 fully saturated rings. The molecule has 8 heteroatoms. The number of aryl methyl sites for hydroxylation is 1. The highest BCUT2D eigenvalue weighted by molar-refractivity contribution is 7.98. The minimum absolute atomic E-state index is 0.592. The van der Waals surface area contributed by atoms with Crippen LogP contribution < -0.4 is 0 Å². The van der Waals surface area contributed by atoms with E-state index in [1.54, 1.807) is 24.2 Å². The molecule has 0 radical (unpaired) electrons. The normalized spacial score (nSPS) is 11.1. The van der Waals surface area contributed by atoms with E-state index in [0.29, 0.717) is 11.6 Å². The Morgan fingerprint density at radius 2 is 1.96 bits per heavy atom. The maximum atomic E-state index is 5.28. The molecule has 0 bridgehead atoms. The average molecular weight is 344 g/mol. The molecule has 24 heavy (non-hydrogen) atoms. The molecule has 0 atom stereocenters. The third kappa shape index (κ3) is 3.81. The van der Waals surface area contributed by atoms with Crippen molar-refractivity contribution < 1.29 is 4.52 Å². The average Bonchev–Trinajstić information content (AvgIpc) is 3.22. The van der Waals surface area contributed by atoms with Crippen LogP contribution in [-0.4, -0.2) is 29.9 Å². The van der Waals surface area contributed by atoms with E-state index >= 15 is 0 Å². The molecule has 0 amide bonds. The van der Waals surface area contributed by atoms with Gasteiger partial charge in [-0.05, 0) is 25.0 Å². The van der Waals surface area contributed by atoms with Gasteiger partial charge in [0.1, 0.15) is 0 Å². The van der Waals surface area contributed by atoms with E-state index in [1.807, 2.05) is 12.1 Å². The van der Waals surface area contributed by atoms with E-state index in [9.17, 15) is 0 Å². The fourth-order valence-electron chi connectivity index (χ4n) is 2.34. The van der Waals surface area contributed by atoms with Crippen LogP contribution in [0, 0.1) is 0 Å². The molecule has 3 rings (SSSR count). The molecule has 3 aromatic heterocycles. The second-order valence-corrected chi connectivity index (χ2v) is 6.28. The van der Waals surface area contributed by atoms with E-state index in [-0.39, 0.29) is 0 Å². The first-order valence-corrected chi connectivity index (χ1v) is 9.08. The molecular formula is C16H20N6OS. The van der Waals surface area contributed by atoms with E-state index in [0.717, 1.165) is 48.2 Å². The Morgan fingerprint density at radius 3 is 2.71 bits per heavy atom. The van der Waals surface area contributed by atoms with Crippen molar-refractivity contribution >= 4 is 11.8 Å². The predicted octanol–water partition coefficient (Wildman–Crippen LogP) is 3.38. The molecule has 0 aliphatic heterocycles. The summed E-state index contributed by atoms with van der Waals surface area (Å²) in [6, 6.07) is 3.89. The quantitative estimate of drug-likeness (QED) is 0.579. The van der Waals surface area contributed by atoms with Crippen molar-refractivity contribution in [1.82, 2.24) is 29.9 Å². The Hall–Kier alpha value is -2.22. The monoisotopic (exact) mass is 344 g/mol. The van der Waals surface area contributed by atoms with Gasteiger partial charge in [-0.1, -0.05) is 30.8 Å². The summed E-state index contributed by atoms with van der Waals surface area (Å²) in [4.78, 5) is 8.45. The molecule has 0 N–H and O–H groups in total. The fraction of sp³-hybridized carbons (Fsp3) is 0.438. The Bertz CT molecular complexity index is 770. The number of thioether (sulfide) groups is 1. The summed E-state index contributed by atoms with van der Waals surface area (Å²) in [5.41, 5.74) is 1.01. The molecule has 0 saturated heterocycles. The second kappa shape index (κ2) is 8.05. The van der Waals surface area contributed by atoms with Gasteiger partial charge in [0, 0.05) is 30.9 Å². The van der Waals surface area contributed by atoms with Crippen LogP contribution in [0.2, 0.25) is 0 Å². The number of aromatic nitrogens is 6. The van der Waals surface area contributed by atoms with Crippen molar-refractivity contribution in [3.63, 3.8) is 0 Å². The van der Waals surface area contributed by atoms with Gasteiger partial charge in [0.2, 0.25) is 5.89 Å². The van der Waals surface area contributed by atoms with Gasteiger partial charge in [-0.3, -0.25) is 4.98 Å². The highest BCUT2D eigenvalue weighted by atomic mass is 32.2. The van der Waals surface area contributed by atoms with Gasteiger partial charge in [0.05, 0.1) is 5.75 Å². The Labute approximate surface area is 144 Å². The van der Waals surface area contributed by atoms with Crippen LogP contribution in [0.4, 0.5) is 0 Å². The highest BCUT2D eigenvalue weighted by Crippen LogP contribution is 2.26. The van der Waals surface area contributed by atoms with Crippen LogP contribution in [0.5, 0.6) is 0 Å². The third-order valence-electron chi connectivity index (χ3n) is 3.41. The number of nitrogens with zero attached hydrogens (tertiary/aromatic N) is 6. The molecule has 0 unspecified atom stereocenters. The lowest BCUT2D eigenvalue weighted by Gasteiger charge is -2.07. The largest absolute Gasteiger partial charge is 0.338 e. The van der Waals surface area contributed by atoms with E-state index in [1.165, 1.54) is 0 Å². The van der Waals surface area contributed by atoms with Gasteiger partial charge in [-0.15, -0.1) is 10.2 Å². The zero-order valence-electron chi connectivity index (χ0n) is 13.8.